The number of methoxy groups -OCH3 is 2. The minimum atomic E-state index is -1.97. The number of cyclic esters (lactones) is 1. The summed E-state index contributed by atoms with van der Waals surface area (Å²) in [7, 11) is 2.97. The SMILES string of the molecule is CO[C@@H]1C[C@@H](C)O[C@H](O[C@@H]2[C@@H](C)[C@@H](O[C@@H]3C[C@@](C)(OC)[C@@H](O)[C@H](C)O3)[C@H](C)C(=O)O[C@H]([C@@H](C)[C@@H](C)O)[C@@H](C)[C@H](OC(C)=O)[C@H](C)C(=O)[C@](C)(O)C[C@@H]2C)[C@H]1O. The fourth-order valence-electron chi connectivity index (χ4n) is 8.81. The fraction of sp³-hybridized carbons (Fsp3) is 0.925. The highest BCUT2D eigenvalue weighted by molar-refractivity contribution is 5.89. The Balaban J connectivity index is 2.24. The van der Waals surface area contributed by atoms with Crippen molar-refractivity contribution in [3.8, 4) is 0 Å². The molecule has 0 spiro atoms. The number of rotatable bonds is 9. The van der Waals surface area contributed by atoms with Crippen LogP contribution in [0.25, 0.3) is 0 Å². The van der Waals surface area contributed by atoms with Crippen LogP contribution in [0.4, 0.5) is 0 Å². The Bertz CT molecular complexity index is 1280. The van der Waals surface area contributed by atoms with Crippen molar-refractivity contribution in [2.75, 3.05) is 14.2 Å². The molecule has 3 heterocycles. The van der Waals surface area contributed by atoms with Crippen LogP contribution in [-0.4, -0.2) is 137 Å². The number of ether oxygens (including phenoxy) is 8. The summed E-state index contributed by atoms with van der Waals surface area (Å²) in [5.74, 6) is -6.92. The van der Waals surface area contributed by atoms with Gasteiger partial charge in [-0.2, -0.15) is 0 Å². The third-order valence-corrected chi connectivity index (χ3v) is 12.5. The maximum atomic E-state index is 14.5. The second-order valence-electron chi connectivity index (χ2n) is 17.1. The highest BCUT2D eigenvalue weighted by Gasteiger charge is 2.52. The summed E-state index contributed by atoms with van der Waals surface area (Å²) < 4.78 is 48.9. The van der Waals surface area contributed by atoms with Crippen molar-refractivity contribution >= 4 is 17.7 Å². The van der Waals surface area contributed by atoms with Gasteiger partial charge in [0.05, 0.1) is 54.1 Å². The van der Waals surface area contributed by atoms with E-state index in [1.165, 1.54) is 28.1 Å². The lowest BCUT2D eigenvalue weighted by molar-refractivity contribution is -0.312. The normalized spacial score (nSPS) is 46.6. The maximum Gasteiger partial charge on any atom is 0.311 e. The molecule has 3 saturated heterocycles. The quantitative estimate of drug-likeness (QED) is 0.248. The van der Waals surface area contributed by atoms with E-state index in [4.69, 9.17) is 37.9 Å². The molecule has 0 unspecified atom stereocenters. The first kappa shape index (κ1) is 47.6. The molecule has 0 aromatic carbocycles. The van der Waals surface area contributed by atoms with Gasteiger partial charge in [-0.3, -0.25) is 14.4 Å². The largest absolute Gasteiger partial charge is 0.461 e. The summed E-state index contributed by atoms with van der Waals surface area (Å²) in [5, 5.41) is 45.0. The van der Waals surface area contributed by atoms with Gasteiger partial charge in [0.15, 0.2) is 18.4 Å². The number of carbonyl (C=O) groups is 3. The van der Waals surface area contributed by atoms with Gasteiger partial charge in [0, 0.05) is 51.7 Å². The molecule has 0 aromatic rings. The van der Waals surface area contributed by atoms with Crippen LogP contribution in [0.3, 0.4) is 0 Å². The van der Waals surface area contributed by atoms with Crippen molar-refractivity contribution in [2.45, 2.75) is 187 Å². The van der Waals surface area contributed by atoms with Gasteiger partial charge in [0.25, 0.3) is 0 Å². The van der Waals surface area contributed by atoms with Crippen molar-refractivity contribution in [1.82, 2.24) is 0 Å². The lowest BCUT2D eigenvalue weighted by atomic mass is 9.74. The molecule has 3 aliphatic rings. The average Bonchev–Trinajstić information content (AvgIpc) is 3.11. The molecule has 55 heavy (non-hydrogen) atoms. The van der Waals surface area contributed by atoms with Crippen LogP contribution in [0.5, 0.6) is 0 Å². The van der Waals surface area contributed by atoms with Gasteiger partial charge >= 0.3 is 11.9 Å². The summed E-state index contributed by atoms with van der Waals surface area (Å²) in [6, 6.07) is 0. The predicted octanol–water partition coefficient (Wildman–Crippen LogP) is 2.93. The minimum absolute atomic E-state index is 0.0996. The number of aliphatic hydroxyl groups excluding tert-OH is 3. The number of esters is 2. The van der Waals surface area contributed by atoms with E-state index in [-0.39, 0.29) is 18.9 Å². The maximum absolute atomic E-state index is 14.5. The van der Waals surface area contributed by atoms with Gasteiger partial charge in [-0.25, -0.2) is 0 Å². The number of carbonyl (C=O) groups excluding carboxylic acids is 3. The summed E-state index contributed by atoms with van der Waals surface area (Å²) >= 11 is 0. The minimum Gasteiger partial charge on any atom is -0.461 e. The standard InChI is InChI=1S/C40H70O15/c1-18-16-39(11,47)35(44)23(6)33(52-27(10)42)22(5)32(20(3)25(8)41)54-37(46)24(7)34(53-29-17-40(12,49-14)36(45)26(9)51-29)21(4)31(18)55-38-30(43)28(48-13)15-19(2)50-38/h18-26,28-34,36,38,41,43,45,47H,15-17H2,1-14H3/t18-,19+,20-,21+,22+,23-,24-,25+,26-,28+,29+,30-,31-,32+,33-,34+,36-,38+,39+,40+/m0/s1. The van der Waals surface area contributed by atoms with Gasteiger partial charge in [-0.1, -0.05) is 34.6 Å². The molecule has 15 nitrogen and oxygen atoms in total. The number of Topliss-reactive ketones (excluding diaryl/α,β-unsaturated/α-hetero) is 1. The topological polar surface area (TPSA) is 206 Å². The van der Waals surface area contributed by atoms with Gasteiger partial charge in [0.1, 0.15) is 30.0 Å². The van der Waals surface area contributed by atoms with Gasteiger partial charge in [-0.15, -0.1) is 0 Å². The summed E-state index contributed by atoms with van der Waals surface area (Å²) in [5.41, 5.74) is -3.03. The van der Waals surface area contributed by atoms with Crippen LogP contribution >= 0.6 is 0 Å². The lowest BCUT2D eigenvalue weighted by Crippen LogP contribution is -2.58. The molecular formula is C40H70O15. The number of ketones is 1. The first-order chi connectivity index (χ1) is 25.4. The molecule has 0 radical (unpaired) electrons. The fourth-order valence-corrected chi connectivity index (χ4v) is 8.81. The second kappa shape index (κ2) is 19.3. The Hall–Kier alpha value is -1.79. The van der Waals surface area contributed by atoms with Crippen LogP contribution < -0.4 is 0 Å². The van der Waals surface area contributed by atoms with E-state index in [2.05, 4.69) is 0 Å². The van der Waals surface area contributed by atoms with Crippen LogP contribution in [0.2, 0.25) is 0 Å². The zero-order chi connectivity index (χ0) is 41.9. The van der Waals surface area contributed by atoms with Crippen molar-refractivity contribution in [1.29, 1.82) is 0 Å². The lowest BCUT2D eigenvalue weighted by Gasteiger charge is -2.47. The molecule has 0 bridgehead atoms. The molecule has 3 aliphatic heterocycles. The smallest absolute Gasteiger partial charge is 0.311 e. The molecule has 320 valence electrons. The zero-order valence-corrected chi connectivity index (χ0v) is 35.3. The second-order valence-corrected chi connectivity index (χ2v) is 17.1. The summed E-state index contributed by atoms with van der Waals surface area (Å²) in [6.45, 7) is 19.6. The van der Waals surface area contributed by atoms with E-state index in [1.54, 1.807) is 62.3 Å². The molecule has 0 aliphatic carbocycles. The van der Waals surface area contributed by atoms with E-state index in [9.17, 15) is 34.8 Å². The molecule has 15 heteroatoms. The predicted molar refractivity (Wildman–Crippen MR) is 198 cm³/mol. The molecule has 4 N–H and O–H groups in total. The molecule has 20 atom stereocenters. The molecule has 0 saturated carbocycles. The Labute approximate surface area is 327 Å². The van der Waals surface area contributed by atoms with E-state index < -0.39 is 132 Å². The molecule has 0 aromatic heterocycles. The third kappa shape index (κ3) is 11.0. The molecule has 3 rings (SSSR count). The van der Waals surface area contributed by atoms with Crippen molar-refractivity contribution in [2.24, 2.45) is 35.5 Å². The van der Waals surface area contributed by atoms with Crippen molar-refractivity contribution in [3.05, 3.63) is 0 Å². The summed E-state index contributed by atoms with van der Waals surface area (Å²) in [4.78, 5) is 41.2. The van der Waals surface area contributed by atoms with E-state index in [0.29, 0.717) is 6.42 Å². The van der Waals surface area contributed by atoms with Crippen LogP contribution in [0.1, 0.15) is 102 Å². The van der Waals surface area contributed by atoms with Crippen LogP contribution in [-0.2, 0) is 52.3 Å². The highest BCUT2D eigenvalue weighted by Crippen LogP contribution is 2.40. The zero-order valence-electron chi connectivity index (χ0n) is 35.3. The Morgan fingerprint density at radius 2 is 1.49 bits per heavy atom. The van der Waals surface area contributed by atoms with Crippen molar-refractivity contribution in [3.63, 3.8) is 0 Å². The third-order valence-electron chi connectivity index (χ3n) is 12.5. The van der Waals surface area contributed by atoms with Gasteiger partial charge in [0.2, 0.25) is 0 Å². The van der Waals surface area contributed by atoms with E-state index in [1.807, 2.05) is 6.92 Å². The average molecular weight is 791 g/mol. The molecule has 3 fully saturated rings. The van der Waals surface area contributed by atoms with Crippen LogP contribution in [0, 0.1) is 35.5 Å². The number of hydrogen-bond acceptors (Lipinski definition) is 15. The Morgan fingerprint density at radius 3 is 2.04 bits per heavy atom. The van der Waals surface area contributed by atoms with Crippen molar-refractivity contribution < 1.29 is 72.7 Å². The van der Waals surface area contributed by atoms with E-state index >= 15 is 0 Å². The van der Waals surface area contributed by atoms with E-state index in [0.717, 1.165) is 0 Å². The van der Waals surface area contributed by atoms with Gasteiger partial charge < -0.3 is 58.3 Å². The molecule has 0 amide bonds. The van der Waals surface area contributed by atoms with Gasteiger partial charge in [-0.05, 0) is 53.9 Å². The first-order valence-corrected chi connectivity index (χ1v) is 19.8. The Kier molecular flexibility index (Phi) is 16.7. The molecular weight excluding hydrogens is 720 g/mol. The highest BCUT2D eigenvalue weighted by atomic mass is 16.7. The first-order valence-electron chi connectivity index (χ1n) is 19.8. The monoisotopic (exact) mass is 790 g/mol. The number of aliphatic hydroxyl groups is 4. The number of hydrogen-bond donors (Lipinski definition) is 4. The summed E-state index contributed by atoms with van der Waals surface area (Å²) in [6.07, 6.45) is -10.8. The Morgan fingerprint density at radius 1 is 0.873 bits per heavy atom. The van der Waals surface area contributed by atoms with Crippen LogP contribution in [0.15, 0.2) is 0 Å².